The van der Waals surface area contributed by atoms with Gasteiger partial charge in [-0.25, -0.2) is 0 Å². The van der Waals surface area contributed by atoms with Crippen LogP contribution >= 0.6 is 15.9 Å². The lowest BCUT2D eigenvalue weighted by molar-refractivity contribution is 0.367. The van der Waals surface area contributed by atoms with Gasteiger partial charge in [0.2, 0.25) is 0 Å². The molecule has 0 amide bonds. The second kappa shape index (κ2) is 4.41. The molecule has 1 aromatic carbocycles. The van der Waals surface area contributed by atoms with Gasteiger partial charge >= 0.3 is 0 Å². The smallest absolute Gasteiger partial charge is 0.162 e. The van der Waals surface area contributed by atoms with Crippen molar-refractivity contribution in [3.63, 3.8) is 0 Å². The summed E-state index contributed by atoms with van der Waals surface area (Å²) in [6.45, 7) is 1.01. The normalized spacial score (nSPS) is 20.5. The molecule has 0 saturated carbocycles. The fourth-order valence-corrected chi connectivity index (χ4v) is 2.42. The largest absolute Gasteiger partial charge is 0.504 e. The molecule has 1 aliphatic rings. The summed E-state index contributed by atoms with van der Waals surface area (Å²) in [7, 11) is 1.56. The lowest BCUT2D eigenvalue weighted by Gasteiger charge is -2.15. The van der Waals surface area contributed by atoms with Crippen LogP contribution in [-0.2, 0) is 0 Å². The molecule has 1 atom stereocenters. The van der Waals surface area contributed by atoms with Crippen molar-refractivity contribution >= 4 is 15.9 Å². The first-order valence-corrected chi connectivity index (χ1v) is 5.81. The van der Waals surface area contributed by atoms with E-state index in [1.165, 1.54) is 0 Å². The van der Waals surface area contributed by atoms with Crippen molar-refractivity contribution in [2.24, 2.45) is 0 Å². The SMILES string of the molecule is COc1cc(Br)cc(C2CCCN2)c1O. The van der Waals surface area contributed by atoms with Crippen molar-refractivity contribution < 1.29 is 9.84 Å². The number of hydrogen-bond donors (Lipinski definition) is 2. The van der Waals surface area contributed by atoms with Gasteiger partial charge in [-0.05, 0) is 31.5 Å². The summed E-state index contributed by atoms with van der Waals surface area (Å²) in [5.41, 5.74) is 0.915. The Labute approximate surface area is 97.6 Å². The maximum Gasteiger partial charge on any atom is 0.162 e. The van der Waals surface area contributed by atoms with Gasteiger partial charge in [-0.15, -0.1) is 0 Å². The minimum Gasteiger partial charge on any atom is -0.504 e. The van der Waals surface area contributed by atoms with E-state index < -0.39 is 0 Å². The van der Waals surface area contributed by atoms with Crippen LogP contribution in [0.2, 0.25) is 0 Å². The van der Waals surface area contributed by atoms with Gasteiger partial charge in [0, 0.05) is 16.1 Å². The predicted molar refractivity (Wildman–Crippen MR) is 62.3 cm³/mol. The van der Waals surface area contributed by atoms with Crippen LogP contribution in [-0.4, -0.2) is 18.8 Å². The number of phenols is 1. The Balaban J connectivity index is 2.40. The van der Waals surface area contributed by atoms with E-state index >= 15 is 0 Å². The third-order valence-electron chi connectivity index (χ3n) is 2.72. The summed E-state index contributed by atoms with van der Waals surface area (Å²) in [6, 6.07) is 3.96. The van der Waals surface area contributed by atoms with E-state index in [2.05, 4.69) is 21.2 Å². The van der Waals surface area contributed by atoms with Crippen LogP contribution in [0.4, 0.5) is 0 Å². The standard InChI is InChI=1S/C11H14BrNO2/c1-15-10-6-7(12)5-8(11(10)14)9-3-2-4-13-9/h5-6,9,13-14H,2-4H2,1H3. The van der Waals surface area contributed by atoms with Gasteiger partial charge in [0.05, 0.1) is 7.11 Å². The quantitative estimate of drug-likeness (QED) is 0.869. The molecule has 4 heteroatoms. The molecule has 82 valence electrons. The van der Waals surface area contributed by atoms with Crippen LogP contribution in [0.1, 0.15) is 24.4 Å². The molecule has 2 rings (SSSR count). The molecule has 1 aliphatic heterocycles. The van der Waals surface area contributed by atoms with Gasteiger partial charge in [-0.2, -0.15) is 0 Å². The summed E-state index contributed by atoms with van der Waals surface area (Å²) in [6.07, 6.45) is 2.21. The average molecular weight is 272 g/mol. The first kappa shape index (κ1) is 10.8. The second-order valence-corrected chi connectivity index (χ2v) is 4.61. The first-order chi connectivity index (χ1) is 7.22. The number of rotatable bonds is 2. The monoisotopic (exact) mass is 271 g/mol. The highest BCUT2D eigenvalue weighted by Crippen LogP contribution is 2.39. The zero-order valence-corrected chi connectivity index (χ0v) is 10.2. The second-order valence-electron chi connectivity index (χ2n) is 3.69. The fraction of sp³-hybridized carbons (Fsp3) is 0.455. The van der Waals surface area contributed by atoms with E-state index in [4.69, 9.17) is 4.74 Å². The van der Waals surface area contributed by atoms with Gasteiger partial charge < -0.3 is 15.2 Å². The topological polar surface area (TPSA) is 41.5 Å². The maximum absolute atomic E-state index is 9.99. The first-order valence-electron chi connectivity index (χ1n) is 5.02. The van der Waals surface area contributed by atoms with E-state index in [1.807, 2.05) is 6.07 Å². The molecule has 1 heterocycles. The Hall–Kier alpha value is -0.740. The van der Waals surface area contributed by atoms with Gasteiger partial charge in [0.15, 0.2) is 11.5 Å². The number of nitrogens with one attached hydrogen (secondary N) is 1. The molecule has 3 nitrogen and oxygen atoms in total. The summed E-state index contributed by atoms with van der Waals surface area (Å²) in [4.78, 5) is 0. The number of phenolic OH excluding ortho intramolecular Hbond substituents is 1. The summed E-state index contributed by atoms with van der Waals surface area (Å²) in [5, 5.41) is 13.3. The van der Waals surface area contributed by atoms with Gasteiger partial charge in [-0.3, -0.25) is 0 Å². The highest BCUT2D eigenvalue weighted by atomic mass is 79.9. The molecule has 2 N–H and O–H groups in total. The van der Waals surface area contributed by atoms with Gasteiger partial charge in [0.25, 0.3) is 0 Å². The zero-order valence-electron chi connectivity index (χ0n) is 8.59. The van der Waals surface area contributed by atoms with E-state index in [9.17, 15) is 5.11 Å². The van der Waals surface area contributed by atoms with Crippen LogP contribution in [0.15, 0.2) is 16.6 Å². The van der Waals surface area contributed by atoms with Crippen molar-refractivity contribution in [3.8, 4) is 11.5 Å². The predicted octanol–water partition coefficient (Wildman–Crippen LogP) is 2.59. The Morgan fingerprint density at radius 2 is 2.33 bits per heavy atom. The lowest BCUT2D eigenvalue weighted by atomic mass is 10.0. The Morgan fingerprint density at radius 3 is 2.93 bits per heavy atom. The van der Waals surface area contributed by atoms with E-state index in [-0.39, 0.29) is 11.8 Å². The van der Waals surface area contributed by atoms with Crippen molar-refractivity contribution in [3.05, 3.63) is 22.2 Å². The van der Waals surface area contributed by atoms with Crippen LogP contribution in [0, 0.1) is 0 Å². The molecule has 15 heavy (non-hydrogen) atoms. The van der Waals surface area contributed by atoms with Crippen molar-refractivity contribution in [2.75, 3.05) is 13.7 Å². The van der Waals surface area contributed by atoms with E-state index in [0.717, 1.165) is 29.4 Å². The number of methoxy groups -OCH3 is 1. The lowest BCUT2D eigenvalue weighted by Crippen LogP contribution is -2.13. The third-order valence-corrected chi connectivity index (χ3v) is 3.18. The number of ether oxygens (including phenoxy) is 1. The van der Waals surface area contributed by atoms with Crippen LogP contribution in [0.25, 0.3) is 0 Å². The Morgan fingerprint density at radius 1 is 1.53 bits per heavy atom. The molecule has 1 aromatic rings. The number of benzene rings is 1. The maximum atomic E-state index is 9.99. The third kappa shape index (κ3) is 2.11. The molecular formula is C11H14BrNO2. The molecule has 1 unspecified atom stereocenters. The fourth-order valence-electron chi connectivity index (χ4n) is 1.97. The molecule has 1 fully saturated rings. The van der Waals surface area contributed by atoms with Crippen molar-refractivity contribution in [1.29, 1.82) is 0 Å². The molecule has 0 aromatic heterocycles. The van der Waals surface area contributed by atoms with E-state index in [1.54, 1.807) is 13.2 Å². The molecule has 0 aliphatic carbocycles. The summed E-state index contributed by atoms with van der Waals surface area (Å²) < 4.78 is 6.05. The molecule has 0 spiro atoms. The van der Waals surface area contributed by atoms with Gasteiger partial charge in [-0.1, -0.05) is 15.9 Å². The Bertz CT molecular complexity index is 362. The van der Waals surface area contributed by atoms with Crippen LogP contribution < -0.4 is 10.1 Å². The number of hydrogen-bond acceptors (Lipinski definition) is 3. The zero-order chi connectivity index (χ0) is 10.8. The number of aromatic hydroxyl groups is 1. The van der Waals surface area contributed by atoms with Crippen molar-refractivity contribution in [1.82, 2.24) is 5.32 Å². The highest BCUT2D eigenvalue weighted by molar-refractivity contribution is 9.10. The van der Waals surface area contributed by atoms with Gasteiger partial charge in [0.1, 0.15) is 0 Å². The summed E-state index contributed by atoms with van der Waals surface area (Å²) in [5.74, 6) is 0.771. The van der Waals surface area contributed by atoms with E-state index in [0.29, 0.717) is 5.75 Å². The van der Waals surface area contributed by atoms with Crippen molar-refractivity contribution in [2.45, 2.75) is 18.9 Å². The molecular weight excluding hydrogens is 258 g/mol. The Kier molecular flexibility index (Phi) is 3.17. The molecule has 0 bridgehead atoms. The van der Waals surface area contributed by atoms with Crippen LogP contribution in [0.5, 0.6) is 11.5 Å². The minimum absolute atomic E-state index is 0.247. The average Bonchev–Trinajstić information content (AvgIpc) is 2.74. The number of halogens is 1. The molecule has 1 saturated heterocycles. The summed E-state index contributed by atoms with van der Waals surface area (Å²) >= 11 is 3.42. The highest BCUT2D eigenvalue weighted by Gasteiger charge is 2.21. The molecule has 0 radical (unpaired) electrons. The minimum atomic E-state index is 0.247. The van der Waals surface area contributed by atoms with Crippen LogP contribution in [0.3, 0.4) is 0 Å².